The van der Waals surface area contributed by atoms with Crippen LogP contribution in [0.15, 0.2) is 35.7 Å². The molecule has 1 heterocycles. The van der Waals surface area contributed by atoms with E-state index >= 15 is 0 Å². The summed E-state index contributed by atoms with van der Waals surface area (Å²) in [5.41, 5.74) is 1.27. The van der Waals surface area contributed by atoms with Gasteiger partial charge in [0.15, 0.2) is 5.13 Å². The van der Waals surface area contributed by atoms with Crippen LogP contribution in [0.2, 0.25) is 0 Å². The number of hydrogen-bond donors (Lipinski definition) is 2. The Balaban J connectivity index is 1.93. The minimum Gasteiger partial charge on any atom is -0.383 e. The topological polar surface area (TPSA) is 86.8 Å². The van der Waals surface area contributed by atoms with E-state index in [1.807, 2.05) is 49.3 Å². The molecule has 0 fully saturated rings. The molecule has 29 heavy (non-hydrogen) atoms. The van der Waals surface area contributed by atoms with Crippen LogP contribution in [-0.4, -0.2) is 80.6 Å². The Labute approximate surface area is 175 Å². The summed E-state index contributed by atoms with van der Waals surface area (Å²) in [6, 6.07) is 9.66. The summed E-state index contributed by atoms with van der Waals surface area (Å²) in [4.78, 5) is 32.9. The van der Waals surface area contributed by atoms with E-state index in [2.05, 4.69) is 15.6 Å². The molecule has 0 spiro atoms. The number of nitrogens with one attached hydrogen (secondary N) is 2. The average molecular weight is 420 g/mol. The van der Waals surface area contributed by atoms with Crippen LogP contribution < -0.4 is 10.6 Å². The molecular weight excluding hydrogens is 390 g/mol. The standard InChI is InChI=1S/C20H29N5O3S/c1-24(2)12-10-21-18(26)9-11-25(13-14-28-3)19(27)17-15-29-20(23-17)22-16-7-5-4-6-8-16/h4-8,15H,9-14H2,1-3H3,(H,21,26)(H,22,23). The molecule has 2 rings (SSSR count). The number of ether oxygens (including phenoxy) is 1. The lowest BCUT2D eigenvalue weighted by Gasteiger charge is -2.21. The van der Waals surface area contributed by atoms with Gasteiger partial charge in [-0.05, 0) is 26.2 Å². The third-order valence-corrected chi connectivity index (χ3v) is 4.85. The van der Waals surface area contributed by atoms with Gasteiger partial charge in [-0.25, -0.2) is 4.98 Å². The third kappa shape index (κ3) is 8.18. The lowest BCUT2D eigenvalue weighted by Crippen LogP contribution is -2.38. The number of anilines is 2. The molecular formula is C20H29N5O3S. The molecule has 0 aliphatic heterocycles. The van der Waals surface area contributed by atoms with Gasteiger partial charge in [0.1, 0.15) is 5.69 Å². The molecule has 0 saturated carbocycles. The van der Waals surface area contributed by atoms with Gasteiger partial charge in [0.25, 0.3) is 5.91 Å². The van der Waals surface area contributed by atoms with Crippen LogP contribution in [0.1, 0.15) is 16.9 Å². The SMILES string of the molecule is COCCN(CCC(=O)NCCN(C)C)C(=O)c1csc(Nc2ccccc2)n1. The number of rotatable bonds is 12. The first-order chi connectivity index (χ1) is 14.0. The summed E-state index contributed by atoms with van der Waals surface area (Å²) in [5.74, 6) is -0.285. The van der Waals surface area contributed by atoms with Crippen molar-refractivity contribution in [3.05, 3.63) is 41.4 Å². The van der Waals surface area contributed by atoms with Crippen LogP contribution >= 0.6 is 11.3 Å². The molecule has 1 aromatic carbocycles. The number of benzene rings is 1. The lowest BCUT2D eigenvalue weighted by molar-refractivity contribution is -0.121. The first-order valence-corrected chi connectivity index (χ1v) is 10.3. The van der Waals surface area contributed by atoms with E-state index in [0.717, 1.165) is 12.2 Å². The lowest BCUT2D eigenvalue weighted by atomic mass is 10.3. The van der Waals surface area contributed by atoms with Crippen molar-refractivity contribution in [2.75, 3.05) is 59.3 Å². The number of nitrogens with zero attached hydrogens (tertiary/aromatic N) is 3. The van der Waals surface area contributed by atoms with Crippen LogP contribution in [0.25, 0.3) is 0 Å². The molecule has 2 N–H and O–H groups in total. The van der Waals surface area contributed by atoms with Crippen molar-refractivity contribution >= 4 is 34.0 Å². The van der Waals surface area contributed by atoms with Crippen LogP contribution in [0, 0.1) is 0 Å². The number of likely N-dealkylation sites (N-methyl/N-ethyl adjacent to an activating group) is 1. The zero-order chi connectivity index (χ0) is 21.1. The maximum Gasteiger partial charge on any atom is 0.273 e. The fourth-order valence-electron chi connectivity index (χ4n) is 2.50. The molecule has 0 aliphatic rings. The molecule has 2 aromatic rings. The number of thiazole rings is 1. The quantitative estimate of drug-likeness (QED) is 0.548. The Kier molecular flexibility index (Phi) is 9.55. The highest BCUT2D eigenvalue weighted by molar-refractivity contribution is 7.14. The number of amides is 2. The monoisotopic (exact) mass is 419 g/mol. The molecule has 1 aromatic heterocycles. The number of carbonyl (C=O) groups is 2. The minimum atomic E-state index is -0.208. The summed E-state index contributed by atoms with van der Waals surface area (Å²) in [6.07, 6.45) is 0.238. The van der Waals surface area contributed by atoms with Gasteiger partial charge in [-0.15, -0.1) is 11.3 Å². The van der Waals surface area contributed by atoms with E-state index in [0.29, 0.717) is 37.1 Å². The molecule has 0 aliphatic carbocycles. The van der Waals surface area contributed by atoms with Crippen LogP contribution in [0.4, 0.5) is 10.8 Å². The number of para-hydroxylation sites is 1. The Morgan fingerprint density at radius 3 is 2.59 bits per heavy atom. The van der Waals surface area contributed by atoms with Gasteiger partial charge in [0, 0.05) is 50.8 Å². The highest BCUT2D eigenvalue weighted by atomic mass is 32.1. The predicted molar refractivity (Wildman–Crippen MR) is 116 cm³/mol. The summed E-state index contributed by atoms with van der Waals surface area (Å²) in [7, 11) is 5.49. The van der Waals surface area contributed by atoms with E-state index < -0.39 is 0 Å². The largest absolute Gasteiger partial charge is 0.383 e. The molecule has 0 radical (unpaired) electrons. The number of carbonyl (C=O) groups excluding carboxylic acids is 2. The van der Waals surface area contributed by atoms with Crippen molar-refractivity contribution in [1.29, 1.82) is 0 Å². The van der Waals surface area contributed by atoms with Gasteiger partial charge >= 0.3 is 0 Å². The van der Waals surface area contributed by atoms with Crippen molar-refractivity contribution < 1.29 is 14.3 Å². The number of hydrogen-bond acceptors (Lipinski definition) is 7. The zero-order valence-electron chi connectivity index (χ0n) is 17.2. The Hall–Kier alpha value is -2.49. The van der Waals surface area contributed by atoms with Gasteiger partial charge in [0.2, 0.25) is 5.91 Å². The Morgan fingerprint density at radius 2 is 1.90 bits per heavy atom. The maximum atomic E-state index is 12.9. The van der Waals surface area contributed by atoms with Gasteiger partial charge in [0.05, 0.1) is 6.61 Å². The zero-order valence-corrected chi connectivity index (χ0v) is 18.0. The molecule has 0 unspecified atom stereocenters. The molecule has 8 nitrogen and oxygen atoms in total. The molecule has 158 valence electrons. The van der Waals surface area contributed by atoms with Crippen molar-refractivity contribution in [3.8, 4) is 0 Å². The fourth-order valence-corrected chi connectivity index (χ4v) is 3.20. The van der Waals surface area contributed by atoms with Crippen molar-refractivity contribution in [3.63, 3.8) is 0 Å². The first-order valence-electron chi connectivity index (χ1n) is 9.47. The Morgan fingerprint density at radius 1 is 1.14 bits per heavy atom. The summed E-state index contributed by atoms with van der Waals surface area (Å²) >= 11 is 1.37. The van der Waals surface area contributed by atoms with Crippen LogP contribution in [-0.2, 0) is 9.53 Å². The van der Waals surface area contributed by atoms with Gasteiger partial charge in [-0.1, -0.05) is 18.2 Å². The van der Waals surface area contributed by atoms with Gasteiger partial charge in [-0.3, -0.25) is 9.59 Å². The van der Waals surface area contributed by atoms with Crippen LogP contribution in [0.5, 0.6) is 0 Å². The second-order valence-corrected chi connectivity index (χ2v) is 7.58. The molecule has 0 atom stereocenters. The molecule has 0 saturated heterocycles. The predicted octanol–water partition coefficient (Wildman–Crippen LogP) is 2.04. The first kappa shape index (κ1) is 22.8. The number of methoxy groups -OCH3 is 1. The molecule has 9 heteroatoms. The third-order valence-electron chi connectivity index (χ3n) is 4.09. The molecule has 2 amide bonds. The maximum absolute atomic E-state index is 12.9. The van der Waals surface area contributed by atoms with Gasteiger partial charge in [-0.2, -0.15) is 0 Å². The van der Waals surface area contributed by atoms with Crippen LogP contribution in [0.3, 0.4) is 0 Å². The summed E-state index contributed by atoms with van der Waals surface area (Å²) < 4.78 is 5.11. The average Bonchev–Trinajstić information content (AvgIpc) is 3.16. The van der Waals surface area contributed by atoms with Crippen molar-refractivity contribution in [1.82, 2.24) is 20.1 Å². The fraction of sp³-hybridized carbons (Fsp3) is 0.450. The summed E-state index contributed by atoms with van der Waals surface area (Å²) in [6.45, 7) is 2.47. The second kappa shape index (κ2) is 12.2. The second-order valence-electron chi connectivity index (χ2n) is 6.72. The minimum absolute atomic E-state index is 0.0771. The smallest absolute Gasteiger partial charge is 0.273 e. The van der Waals surface area contributed by atoms with Crippen molar-refractivity contribution in [2.24, 2.45) is 0 Å². The van der Waals surface area contributed by atoms with E-state index in [1.165, 1.54) is 11.3 Å². The summed E-state index contributed by atoms with van der Waals surface area (Å²) in [5, 5.41) is 8.42. The highest BCUT2D eigenvalue weighted by Crippen LogP contribution is 2.21. The van der Waals surface area contributed by atoms with E-state index in [-0.39, 0.29) is 18.2 Å². The van der Waals surface area contributed by atoms with Gasteiger partial charge < -0.3 is 25.2 Å². The number of aromatic nitrogens is 1. The van der Waals surface area contributed by atoms with E-state index in [9.17, 15) is 9.59 Å². The van der Waals surface area contributed by atoms with Crippen molar-refractivity contribution in [2.45, 2.75) is 6.42 Å². The highest BCUT2D eigenvalue weighted by Gasteiger charge is 2.19. The normalized spacial score (nSPS) is 10.8. The molecule has 0 bridgehead atoms. The van der Waals surface area contributed by atoms with E-state index in [4.69, 9.17) is 4.74 Å². The van der Waals surface area contributed by atoms with E-state index in [1.54, 1.807) is 17.4 Å². The Bertz CT molecular complexity index is 766.